The molecule has 0 fully saturated rings. The molecule has 0 aliphatic carbocycles. The number of hydrogen-bond donors (Lipinski definition) is 0. The molecule has 0 bridgehead atoms. The maximum Gasteiger partial charge on any atom is 0.101 e. The SMILES string of the molecule is BCC(CC)C(C)C/C=C\C. The number of allylic oxidation sites excluding steroid dienone is 2. The molecule has 0 aliphatic rings. The Hall–Kier alpha value is -0.195. The Morgan fingerprint density at radius 2 is 2.09 bits per heavy atom. The average molecular weight is 152 g/mol. The van der Waals surface area contributed by atoms with E-state index in [1.165, 1.54) is 19.2 Å². The zero-order chi connectivity index (χ0) is 8.69. The fourth-order valence-corrected chi connectivity index (χ4v) is 1.64. The Kier molecular flexibility index (Phi) is 6.40. The smallest absolute Gasteiger partial charge is 0.0917 e. The molecule has 0 saturated heterocycles. The second-order valence-electron chi connectivity index (χ2n) is 3.36. The average Bonchev–Trinajstić information content (AvgIpc) is 2.03. The zero-order valence-electron chi connectivity index (χ0n) is 8.43. The van der Waals surface area contributed by atoms with Gasteiger partial charge in [0.1, 0.15) is 7.85 Å². The molecule has 0 aromatic rings. The van der Waals surface area contributed by atoms with Gasteiger partial charge in [-0.15, -0.1) is 0 Å². The van der Waals surface area contributed by atoms with Crippen molar-refractivity contribution >= 4 is 7.85 Å². The number of rotatable bonds is 5. The predicted octanol–water partition coefficient (Wildman–Crippen LogP) is 2.67. The van der Waals surface area contributed by atoms with Gasteiger partial charge in [-0.25, -0.2) is 0 Å². The van der Waals surface area contributed by atoms with Crippen molar-refractivity contribution in [3.8, 4) is 0 Å². The van der Waals surface area contributed by atoms with E-state index in [0.29, 0.717) is 0 Å². The van der Waals surface area contributed by atoms with Crippen LogP contribution in [0, 0.1) is 11.8 Å². The highest BCUT2D eigenvalue weighted by molar-refractivity contribution is 6.08. The molecule has 0 aromatic carbocycles. The Morgan fingerprint density at radius 3 is 2.45 bits per heavy atom. The van der Waals surface area contributed by atoms with Crippen LogP contribution in [0.2, 0.25) is 6.32 Å². The lowest BCUT2D eigenvalue weighted by molar-refractivity contribution is 0.381. The summed E-state index contributed by atoms with van der Waals surface area (Å²) in [6.45, 7) is 6.75. The van der Waals surface area contributed by atoms with Crippen molar-refractivity contribution in [2.24, 2.45) is 11.8 Å². The molecule has 0 radical (unpaired) electrons. The lowest BCUT2D eigenvalue weighted by Gasteiger charge is -2.19. The monoisotopic (exact) mass is 152 g/mol. The van der Waals surface area contributed by atoms with Crippen LogP contribution in [0.5, 0.6) is 0 Å². The molecular weight excluding hydrogens is 131 g/mol. The summed E-state index contributed by atoms with van der Waals surface area (Å²) >= 11 is 0. The molecule has 64 valence electrons. The van der Waals surface area contributed by atoms with E-state index in [-0.39, 0.29) is 0 Å². The van der Waals surface area contributed by atoms with Crippen LogP contribution in [0.1, 0.15) is 33.6 Å². The van der Waals surface area contributed by atoms with Crippen molar-refractivity contribution in [1.82, 2.24) is 0 Å². The quantitative estimate of drug-likeness (QED) is 0.419. The van der Waals surface area contributed by atoms with Crippen LogP contribution >= 0.6 is 0 Å². The van der Waals surface area contributed by atoms with Gasteiger partial charge in [0.15, 0.2) is 0 Å². The summed E-state index contributed by atoms with van der Waals surface area (Å²) in [7, 11) is 2.29. The fraction of sp³-hybridized carbons (Fsp3) is 0.800. The highest BCUT2D eigenvalue weighted by Gasteiger charge is 2.10. The van der Waals surface area contributed by atoms with Crippen LogP contribution in [-0.4, -0.2) is 7.85 Å². The zero-order valence-corrected chi connectivity index (χ0v) is 8.43. The van der Waals surface area contributed by atoms with Crippen molar-refractivity contribution in [1.29, 1.82) is 0 Å². The fourth-order valence-electron chi connectivity index (χ4n) is 1.64. The summed E-state index contributed by atoms with van der Waals surface area (Å²) in [5.41, 5.74) is 0. The molecule has 0 aliphatic heterocycles. The molecule has 0 heterocycles. The van der Waals surface area contributed by atoms with Crippen molar-refractivity contribution in [3.05, 3.63) is 12.2 Å². The minimum Gasteiger partial charge on any atom is -0.0917 e. The molecule has 0 rings (SSSR count). The third-order valence-corrected chi connectivity index (χ3v) is 2.60. The van der Waals surface area contributed by atoms with Crippen LogP contribution in [0.25, 0.3) is 0 Å². The highest BCUT2D eigenvalue weighted by Crippen LogP contribution is 2.21. The van der Waals surface area contributed by atoms with Crippen molar-refractivity contribution in [3.63, 3.8) is 0 Å². The van der Waals surface area contributed by atoms with Crippen LogP contribution in [0.3, 0.4) is 0 Å². The Morgan fingerprint density at radius 1 is 1.45 bits per heavy atom. The van der Waals surface area contributed by atoms with Gasteiger partial charge in [-0.2, -0.15) is 0 Å². The van der Waals surface area contributed by atoms with Gasteiger partial charge in [0.05, 0.1) is 0 Å². The molecule has 0 aromatic heterocycles. The molecule has 1 heteroatoms. The molecule has 2 atom stereocenters. The third-order valence-electron chi connectivity index (χ3n) is 2.60. The van der Waals surface area contributed by atoms with Gasteiger partial charge in [-0.3, -0.25) is 0 Å². The predicted molar refractivity (Wildman–Crippen MR) is 55.7 cm³/mol. The first-order valence-electron chi connectivity index (χ1n) is 4.87. The van der Waals surface area contributed by atoms with Gasteiger partial charge in [0, 0.05) is 0 Å². The van der Waals surface area contributed by atoms with Crippen LogP contribution < -0.4 is 0 Å². The van der Waals surface area contributed by atoms with E-state index in [1.54, 1.807) is 0 Å². The molecule has 11 heavy (non-hydrogen) atoms. The van der Waals surface area contributed by atoms with E-state index >= 15 is 0 Å². The summed E-state index contributed by atoms with van der Waals surface area (Å²) in [5.74, 6) is 1.78. The minimum absolute atomic E-state index is 0.862. The second kappa shape index (κ2) is 6.51. The molecule has 0 spiro atoms. The molecule has 0 nitrogen and oxygen atoms in total. The third kappa shape index (κ3) is 4.29. The first-order chi connectivity index (χ1) is 5.26. The molecule has 0 N–H and O–H groups in total. The Balaban J connectivity index is 3.68. The van der Waals surface area contributed by atoms with Crippen molar-refractivity contribution < 1.29 is 0 Å². The maximum atomic E-state index is 2.36. The van der Waals surface area contributed by atoms with Gasteiger partial charge in [0.2, 0.25) is 0 Å². The van der Waals surface area contributed by atoms with Crippen LogP contribution in [-0.2, 0) is 0 Å². The summed E-state index contributed by atoms with van der Waals surface area (Å²) in [4.78, 5) is 0. The van der Waals surface area contributed by atoms with E-state index < -0.39 is 0 Å². The lowest BCUT2D eigenvalue weighted by Crippen LogP contribution is -2.09. The largest absolute Gasteiger partial charge is 0.101 e. The minimum atomic E-state index is 0.862. The highest BCUT2D eigenvalue weighted by atomic mass is 14.1. The normalized spacial score (nSPS) is 17.0. The molecule has 2 unspecified atom stereocenters. The van der Waals surface area contributed by atoms with Gasteiger partial charge < -0.3 is 0 Å². The van der Waals surface area contributed by atoms with Crippen LogP contribution in [0.4, 0.5) is 0 Å². The second-order valence-corrected chi connectivity index (χ2v) is 3.36. The van der Waals surface area contributed by atoms with Crippen molar-refractivity contribution in [2.75, 3.05) is 0 Å². The van der Waals surface area contributed by atoms with E-state index in [0.717, 1.165) is 11.8 Å². The first kappa shape index (κ1) is 10.8. The van der Waals surface area contributed by atoms with Gasteiger partial charge in [-0.1, -0.05) is 38.7 Å². The molecule has 0 saturated carbocycles. The maximum absolute atomic E-state index is 2.36. The van der Waals surface area contributed by atoms with E-state index in [9.17, 15) is 0 Å². The summed E-state index contributed by atoms with van der Waals surface area (Å²) in [6.07, 6.45) is 8.34. The summed E-state index contributed by atoms with van der Waals surface area (Å²) < 4.78 is 0. The lowest BCUT2D eigenvalue weighted by atomic mass is 9.79. The Labute approximate surface area is 72.5 Å². The van der Waals surface area contributed by atoms with E-state index in [1.807, 2.05) is 0 Å². The topological polar surface area (TPSA) is 0 Å². The number of hydrogen-bond acceptors (Lipinski definition) is 0. The van der Waals surface area contributed by atoms with E-state index in [4.69, 9.17) is 0 Å². The molecule has 0 amide bonds. The van der Waals surface area contributed by atoms with Crippen LogP contribution in [0.15, 0.2) is 12.2 Å². The Bertz CT molecular complexity index is 103. The summed E-state index contributed by atoms with van der Waals surface area (Å²) in [5, 5.41) is 0. The van der Waals surface area contributed by atoms with Crippen molar-refractivity contribution in [2.45, 2.75) is 39.9 Å². The van der Waals surface area contributed by atoms with E-state index in [2.05, 4.69) is 40.8 Å². The first-order valence-corrected chi connectivity index (χ1v) is 4.87. The summed E-state index contributed by atoms with van der Waals surface area (Å²) in [6, 6.07) is 0. The van der Waals surface area contributed by atoms with Gasteiger partial charge >= 0.3 is 0 Å². The van der Waals surface area contributed by atoms with Gasteiger partial charge in [0.25, 0.3) is 0 Å². The van der Waals surface area contributed by atoms with Gasteiger partial charge in [-0.05, 0) is 25.2 Å². The molecular formula is C10H21B. The standard InChI is InChI=1S/C10H21B/c1-4-6-7-9(3)10(5-2)8-11/h4,6,9-10H,5,7-8,11H2,1-3H3/b6-4-.